The van der Waals surface area contributed by atoms with Crippen molar-refractivity contribution in [3.8, 4) is 17.2 Å². The molecule has 1 aromatic carbocycles. The van der Waals surface area contributed by atoms with Crippen LogP contribution in [0.2, 0.25) is 137 Å². The molecule has 0 aliphatic carbocycles. The summed E-state index contributed by atoms with van der Waals surface area (Å²) in [5.74, 6) is 1.74. The summed E-state index contributed by atoms with van der Waals surface area (Å²) in [6, 6.07) is 0. The van der Waals surface area contributed by atoms with Crippen molar-refractivity contribution >= 4 is 123 Å². The fourth-order valence-electron chi connectivity index (χ4n) is 6.73. The van der Waals surface area contributed by atoms with Crippen LogP contribution in [0, 0.1) is 13.8 Å². The van der Waals surface area contributed by atoms with Crippen molar-refractivity contribution in [2.75, 3.05) is 0 Å². The summed E-state index contributed by atoms with van der Waals surface area (Å²) >= 11 is 0. The molecule has 0 fully saturated rings. The van der Waals surface area contributed by atoms with Crippen LogP contribution in [0.15, 0.2) is 5.38 Å². The largest absolute Gasteiger partial charge is 0.717 e. The molecule has 0 aliphatic heterocycles. The lowest BCUT2D eigenvalue weighted by molar-refractivity contribution is 0.0204. The molecule has 0 heterocycles. The van der Waals surface area contributed by atoms with Gasteiger partial charge in [-0.1, -0.05) is 0 Å². The molecule has 0 aliphatic rings. The summed E-state index contributed by atoms with van der Waals surface area (Å²) in [5, 5.41) is -0.234. The Hall–Kier alpha value is 0.499. The lowest BCUT2D eigenvalue weighted by atomic mass is 9.99. The topological polar surface area (TPSA) is 111 Å². The van der Waals surface area contributed by atoms with Crippen LogP contribution >= 0.6 is 0 Å². The SMILES string of the molecule is Cc1c(C)c(C(O[SiH3])=C(O[Si](O[Si](C)(C)C)(O[Si](C)(C)C)O[Si](C)(C)C)[Si](C)(C)O[Si](C)(C(O[Si](C)(C)C)O[Si](C)(C)C)C(C)(C)O[Si](C)(C)C)c(O[SiH3])c(O[SiH3])c1O[SiH3]. The van der Waals surface area contributed by atoms with E-state index >= 15 is 0 Å². The zero-order chi connectivity index (χ0) is 47.7. The van der Waals surface area contributed by atoms with Crippen molar-refractivity contribution in [2.24, 2.45) is 0 Å². The van der Waals surface area contributed by atoms with Crippen molar-refractivity contribution in [1.29, 1.82) is 0 Å². The van der Waals surface area contributed by atoms with Gasteiger partial charge < -0.3 is 51.9 Å². The zero-order valence-electron chi connectivity index (χ0n) is 43.5. The van der Waals surface area contributed by atoms with Crippen LogP contribution in [0.1, 0.15) is 30.5 Å². The third-order valence-corrected chi connectivity index (χ3v) is 33.9. The van der Waals surface area contributed by atoms with Gasteiger partial charge in [0.25, 0.3) is 8.32 Å². The molecule has 60 heavy (non-hydrogen) atoms. The maximum absolute atomic E-state index is 8.07. The van der Waals surface area contributed by atoms with Crippen molar-refractivity contribution in [3.63, 3.8) is 0 Å². The van der Waals surface area contributed by atoms with E-state index in [4.69, 9.17) is 51.9 Å². The molecule has 0 bridgehead atoms. The van der Waals surface area contributed by atoms with E-state index in [9.17, 15) is 0 Å². The molecule has 12 nitrogen and oxygen atoms in total. The Bertz CT molecular complexity index is 1580. The second-order valence-electron chi connectivity index (χ2n) is 22.6. The first kappa shape index (κ1) is 58.5. The fraction of sp³-hybridized carbons (Fsp3) is 0.771. The monoisotopic (exact) mass is 1060 g/mol. The average Bonchev–Trinajstić information content (AvgIpc) is 2.96. The Balaban J connectivity index is 4.96. The van der Waals surface area contributed by atoms with Crippen LogP contribution in [0.4, 0.5) is 0 Å². The molecule has 1 aromatic rings. The quantitative estimate of drug-likeness (QED) is 0.0657. The molecule has 352 valence electrons. The summed E-state index contributed by atoms with van der Waals surface area (Å²) in [5.41, 5.74) is 2.63. The molecule has 0 saturated carbocycles. The second-order valence-corrected chi connectivity index (χ2v) is 62.1. The van der Waals surface area contributed by atoms with Gasteiger partial charge >= 0.3 is 9.05 Å². The molecular weight excluding hydrogens is 977 g/mol. The van der Waals surface area contributed by atoms with Crippen LogP contribution in [-0.4, -0.2) is 129 Å². The van der Waals surface area contributed by atoms with Gasteiger partial charge in [0.1, 0.15) is 11.1 Å². The zero-order valence-corrected chi connectivity index (χ0v) is 60.5. The molecule has 1 rings (SSSR count). The Morgan fingerprint density at radius 1 is 0.483 bits per heavy atom. The van der Waals surface area contributed by atoms with Gasteiger partial charge in [-0.15, -0.1) is 0 Å². The normalized spacial score (nSPS) is 16.0. The van der Waals surface area contributed by atoms with E-state index < -0.39 is 86.7 Å². The van der Waals surface area contributed by atoms with Gasteiger partial charge in [-0.2, -0.15) is 0 Å². The van der Waals surface area contributed by atoms with E-state index in [1.807, 2.05) is 0 Å². The Labute approximate surface area is 388 Å². The van der Waals surface area contributed by atoms with E-state index in [-0.39, 0.29) is 0 Å². The van der Waals surface area contributed by atoms with E-state index in [0.29, 0.717) is 70.3 Å². The maximum atomic E-state index is 8.07. The van der Waals surface area contributed by atoms with Crippen LogP contribution in [0.25, 0.3) is 5.76 Å². The molecule has 0 radical (unpaired) electrons. The van der Waals surface area contributed by atoms with Crippen LogP contribution in [0.3, 0.4) is 0 Å². The van der Waals surface area contributed by atoms with Gasteiger partial charge in [0.2, 0.25) is 50.3 Å². The highest BCUT2D eigenvalue weighted by Gasteiger charge is 2.63. The molecule has 1 atom stereocenters. The van der Waals surface area contributed by atoms with Crippen LogP contribution in [-0.2, 0) is 38.6 Å². The first-order chi connectivity index (χ1) is 26.4. The molecule has 0 N–H and O–H groups in total. The lowest BCUT2D eigenvalue weighted by Gasteiger charge is -2.53. The summed E-state index contributed by atoms with van der Waals surface area (Å²) < 4.78 is 84.6. The van der Waals surface area contributed by atoms with Gasteiger partial charge in [-0.05, 0) is 176 Å². The molecular formula is C35H88O12Si13. The number of rotatable bonds is 24. The highest BCUT2D eigenvalue weighted by atomic mass is 28.5. The predicted molar refractivity (Wildman–Crippen MR) is 287 cm³/mol. The summed E-state index contributed by atoms with van der Waals surface area (Å²) in [6.07, 6.45) is 0. The molecule has 25 heteroatoms. The van der Waals surface area contributed by atoms with E-state index in [1.165, 1.54) is 0 Å². The number of hydrogen-bond acceptors (Lipinski definition) is 12. The predicted octanol–water partition coefficient (Wildman–Crippen LogP) is 6.33. The van der Waals surface area contributed by atoms with Gasteiger partial charge in [0.05, 0.1) is 10.8 Å². The summed E-state index contributed by atoms with van der Waals surface area (Å²) in [4.78, 5) is 0. The summed E-state index contributed by atoms with van der Waals surface area (Å²) in [7, 11) is -23.1. The van der Waals surface area contributed by atoms with E-state index in [0.717, 1.165) is 16.7 Å². The molecule has 0 spiro atoms. The first-order valence-corrected chi connectivity index (χ1v) is 51.8. The second kappa shape index (κ2) is 20.6. The molecule has 1 unspecified atom stereocenters. The van der Waals surface area contributed by atoms with E-state index in [1.54, 1.807) is 0 Å². The first-order valence-electron chi connectivity index (χ1n) is 21.1. The third kappa shape index (κ3) is 17.1. The standard InChI is InChI=1S/C35H88O12Si13/c1-26-27(2)29(36-48)32(39-51)30(37-49)28(26)31(38-50)33(40-60(44-55(14,15)16,45-56(17,18)19)46-57(20,21)22)58(23,24)47-59(25,35(3,4)43-54(11,12)13)34(41-52(5,6)7)42-53(8,9)10/h34H,1-25,48-51H3. The third-order valence-electron chi connectivity index (χ3n) is 8.83. The van der Waals surface area contributed by atoms with Crippen LogP contribution in [0.5, 0.6) is 17.2 Å². The van der Waals surface area contributed by atoms with Gasteiger partial charge in [0.15, 0.2) is 73.1 Å². The minimum atomic E-state index is -4.06. The Kier molecular flexibility index (Phi) is 20.1. The van der Waals surface area contributed by atoms with Crippen molar-refractivity contribution in [3.05, 3.63) is 22.1 Å². The maximum Gasteiger partial charge on any atom is 0.717 e. The molecule has 0 amide bonds. The highest BCUT2D eigenvalue weighted by Crippen LogP contribution is 2.50. The van der Waals surface area contributed by atoms with Gasteiger partial charge in [0, 0.05) is 0 Å². The van der Waals surface area contributed by atoms with Gasteiger partial charge in [-0.25, -0.2) is 0 Å². The number of hydrogen-bond donors (Lipinski definition) is 0. The minimum Gasteiger partial charge on any atom is -0.551 e. The Morgan fingerprint density at radius 3 is 1.17 bits per heavy atom. The summed E-state index contributed by atoms with van der Waals surface area (Å²) in [6.45, 7) is 54.3. The van der Waals surface area contributed by atoms with Crippen molar-refractivity contribution in [2.45, 2.75) is 176 Å². The smallest absolute Gasteiger partial charge is 0.551 e. The van der Waals surface area contributed by atoms with Crippen LogP contribution < -0.4 is 13.3 Å². The van der Waals surface area contributed by atoms with Crippen molar-refractivity contribution < 1.29 is 51.9 Å². The average molecular weight is 1070 g/mol. The molecule has 0 aromatic heterocycles. The minimum absolute atomic E-state index is 0.316. The lowest BCUT2D eigenvalue weighted by Crippen LogP contribution is -2.73. The fourth-order valence-corrected chi connectivity index (χ4v) is 37.4. The van der Waals surface area contributed by atoms with Gasteiger partial charge in [-0.3, -0.25) is 0 Å². The van der Waals surface area contributed by atoms with E-state index in [2.05, 4.69) is 165 Å². The van der Waals surface area contributed by atoms with Crippen molar-refractivity contribution in [1.82, 2.24) is 0 Å². The highest BCUT2D eigenvalue weighted by molar-refractivity contribution is 6.93. The Morgan fingerprint density at radius 2 is 0.867 bits per heavy atom. The number of benzene rings is 1. The molecule has 0 saturated heterocycles.